The molecule has 12 heteroatoms. The number of methoxy groups -OCH3 is 2. The maximum atomic E-state index is 6.32. The molecular formula is C37H38ClN9O2. The van der Waals surface area contributed by atoms with Crippen molar-refractivity contribution in [1.82, 2.24) is 19.9 Å². The number of benzene rings is 4. The number of halogens is 1. The predicted octanol–water partition coefficient (Wildman–Crippen LogP) is 7.23. The number of ether oxygens (including phenoxy) is 2. The van der Waals surface area contributed by atoms with Gasteiger partial charge in [-0.25, -0.2) is 4.98 Å². The molecule has 0 spiro atoms. The van der Waals surface area contributed by atoms with Crippen LogP contribution in [0.15, 0.2) is 91.0 Å². The highest BCUT2D eigenvalue weighted by Crippen LogP contribution is 2.34. The molecule has 0 bridgehead atoms. The summed E-state index contributed by atoms with van der Waals surface area (Å²) >= 11 is 6.32. The van der Waals surface area contributed by atoms with Gasteiger partial charge < -0.3 is 35.2 Å². The normalized spacial score (nSPS) is 13.0. The van der Waals surface area contributed by atoms with Crippen molar-refractivity contribution in [2.75, 3.05) is 79.2 Å². The van der Waals surface area contributed by atoms with Crippen molar-refractivity contribution in [3.8, 4) is 11.5 Å². The summed E-state index contributed by atoms with van der Waals surface area (Å²) in [6, 6.07) is 29.9. The van der Waals surface area contributed by atoms with Gasteiger partial charge in [-0.2, -0.15) is 15.0 Å². The lowest BCUT2D eigenvalue weighted by Crippen LogP contribution is -2.47. The standard InChI is InChI=1S/C37H38ClN9O2/c1-48-28-12-10-26(11-13-28)41-36-43-35(44-37(45-36)47-21-19-46(20-22-47)27-7-4-3-5-8-27)40-18-6-17-39-34-30-15-9-25(38)23-33(30)42-32-16-14-29(49-2)24-31(32)34/h3-5,7-16,23-24H,6,17-22H2,1-2H3,(H,39,42)(H2,40,41,43,44,45). The number of nitrogens with one attached hydrogen (secondary N) is 3. The maximum Gasteiger partial charge on any atom is 0.233 e. The minimum Gasteiger partial charge on any atom is -0.497 e. The van der Waals surface area contributed by atoms with Crippen LogP contribution in [-0.2, 0) is 0 Å². The third-order valence-electron chi connectivity index (χ3n) is 8.54. The molecule has 1 aliphatic rings. The van der Waals surface area contributed by atoms with Crippen molar-refractivity contribution >= 4 is 68.3 Å². The number of anilines is 6. The van der Waals surface area contributed by atoms with Gasteiger partial charge in [-0.15, -0.1) is 0 Å². The lowest BCUT2D eigenvalue weighted by Gasteiger charge is -2.36. The predicted molar refractivity (Wildman–Crippen MR) is 199 cm³/mol. The Kier molecular flexibility index (Phi) is 9.60. The molecule has 0 aliphatic carbocycles. The summed E-state index contributed by atoms with van der Waals surface area (Å²) in [5.74, 6) is 3.19. The second kappa shape index (κ2) is 14.7. The Labute approximate surface area is 290 Å². The first-order chi connectivity index (χ1) is 24.1. The summed E-state index contributed by atoms with van der Waals surface area (Å²) in [4.78, 5) is 23.8. The minimum atomic E-state index is 0.476. The van der Waals surface area contributed by atoms with Crippen molar-refractivity contribution in [3.63, 3.8) is 0 Å². The molecule has 3 heterocycles. The zero-order chi connectivity index (χ0) is 33.6. The largest absolute Gasteiger partial charge is 0.497 e. The van der Waals surface area contributed by atoms with Crippen molar-refractivity contribution in [2.45, 2.75) is 6.42 Å². The molecule has 2 aromatic heterocycles. The fraction of sp³-hybridized carbons (Fsp3) is 0.243. The van der Waals surface area contributed by atoms with Crippen LogP contribution in [0.4, 0.5) is 34.9 Å². The zero-order valence-electron chi connectivity index (χ0n) is 27.5. The quantitative estimate of drug-likeness (QED) is 0.0902. The molecule has 7 rings (SSSR count). The molecule has 49 heavy (non-hydrogen) atoms. The SMILES string of the molecule is COc1ccc(Nc2nc(NCCCNc3c4ccc(Cl)cc4nc4ccc(OC)cc34)nc(N3CCN(c4ccccc4)CC3)n2)cc1. The number of piperazine rings is 1. The van der Waals surface area contributed by atoms with Gasteiger partial charge in [0.05, 0.1) is 30.9 Å². The van der Waals surface area contributed by atoms with Crippen LogP contribution in [0.3, 0.4) is 0 Å². The van der Waals surface area contributed by atoms with Crippen LogP contribution in [0.1, 0.15) is 6.42 Å². The highest BCUT2D eigenvalue weighted by atomic mass is 35.5. The van der Waals surface area contributed by atoms with E-state index in [9.17, 15) is 0 Å². The van der Waals surface area contributed by atoms with Gasteiger partial charge in [-0.05, 0) is 79.2 Å². The summed E-state index contributed by atoms with van der Waals surface area (Å²) in [6.45, 7) is 4.71. The molecule has 11 nitrogen and oxygen atoms in total. The van der Waals surface area contributed by atoms with Gasteiger partial charge >= 0.3 is 0 Å². The zero-order valence-corrected chi connectivity index (χ0v) is 28.2. The monoisotopic (exact) mass is 675 g/mol. The van der Waals surface area contributed by atoms with Crippen LogP contribution < -0.4 is 35.2 Å². The molecule has 0 amide bonds. The van der Waals surface area contributed by atoms with Crippen LogP contribution in [0, 0.1) is 0 Å². The smallest absolute Gasteiger partial charge is 0.233 e. The number of rotatable bonds is 12. The Hall–Kier alpha value is -5.55. The van der Waals surface area contributed by atoms with Crippen molar-refractivity contribution in [1.29, 1.82) is 0 Å². The van der Waals surface area contributed by atoms with E-state index < -0.39 is 0 Å². The highest BCUT2D eigenvalue weighted by Gasteiger charge is 2.21. The number of nitrogens with zero attached hydrogens (tertiary/aromatic N) is 6. The highest BCUT2D eigenvalue weighted by molar-refractivity contribution is 6.31. The second-order valence-corrected chi connectivity index (χ2v) is 12.1. The van der Waals surface area contributed by atoms with E-state index >= 15 is 0 Å². The summed E-state index contributed by atoms with van der Waals surface area (Å²) in [6.07, 6.45) is 0.806. The molecule has 1 aliphatic heterocycles. The molecule has 1 fully saturated rings. The summed E-state index contributed by atoms with van der Waals surface area (Å²) in [5, 5.41) is 13.1. The summed E-state index contributed by atoms with van der Waals surface area (Å²) in [7, 11) is 3.32. The molecule has 3 N–H and O–H groups in total. The number of fused-ring (bicyclic) bond motifs is 2. The molecule has 6 aromatic rings. The number of para-hydroxylation sites is 1. The molecule has 1 saturated heterocycles. The first-order valence-electron chi connectivity index (χ1n) is 16.3. The Bertz CT molecular complexity index is 2040. The van der Waals surface area contributed by atoms with Crippen molar-refractivity contribution in [2.24, 2.45) is 0 Å². The first kappa shape index (κ1) is 32.0. The van der Waals surface area contributed by atoms with Gasteiger partial charge in [0.2, 0.25) is 17.8 Å². The lowest BCUT2D eigenvalue weighted by molar-refractivity contribution is 0.415. The lowest BCUT2D eigenvalue weighted by atomic mass is 10.1. The summed E-state index contributed by atoms with van der Waals surface area (Å²) in [5.41, 5.74) is 4.79. The number of hydrogen-bond donors (Lipinski definition) is 3. The molecular weight excluding hydrogens is 638 g/mol. The fourth-order valence-corrected chi connectivity index (χ4v) is 6.13. The molecule has 0 saturated carbocycles. The third kappa shape index (κ3) is 7.47. The van der Waals surface area contributed by atoms with E-state index in [2.05, 4.69) is 50.0 Å². The maximum absolute atomic E-state index is 6.32. The van der Waals surface area contributed by atoms with Crippen LogP contribution in [0.25, 0.3) is 21.8 Å². The summed E-state index contributed by atoms with van der Waals surface area (Å²) < 4.78 is 10.8. The van der Waals surface area contributed by atoms with Crippen LogP contribution in [0.2, 0.25) is 5.02 Å². The van der Waals surface area contributed by atoms with E-state index in [1.807, 2.05) is 66.7 Å². The van der Waals surface area contributed by atoms with E-state index in [-0.39, 0.29) is 0 Å². The van der Waals surface area contributed by atoms with Crippen LogP contribution in [0.5, 0.6) is 11.5 Å². The van der Waals surface area contributed by atoms with Gasteiger partial charge in [0, 0.05) is 66.4 Å². The molecule has 0 radical (unpaired) electrons. The Morgan fingerprint density at radius 1 is 0.653 bits per heavy atom. The van der Waals surface area contributed by atoms with Crippen molar-refractivity contribution in [3.05, 3.63) is 96.0 Å². The van der Waals surface area contributed by atoms with Crippen molar-refractivity contribution < 1.29 is 9.47 Å². The Morgan fingerprint density at radius 3 is 2.14 bits per heavy atom. The first-order valence-corrected chi connectivity index (χ1v) is 16.7. The van der Waals surface area contributed by atoms with E-state index in [0.29, 0.717) is 36.0 Å². The van der Waals surface area contributed by atoms with Gasteiger partial charge in [-0.1, -0.05) is 29.8 Å². The van der Waals surface area contributed by atoms with E-state index in [1.54, 1.807) is 14.2 Å². The van der Waals surface area contributed by atoms with E-state index in [1.165, 1.54) is 5.69 Å². The van der Waals surface area contributed by atoms with Gasteiger partial charge in [0.15, 0.2) is 0 Å². The second-order valence-electron chi connectivity index (χ2n) is 11.7. The van der Waals surface area contributed by atoms with Crippen LogP contribution in [-0.4, -0.2) is 73.4 Å². The Balaban J connectivity index is 1.06. The number of pyridine rings is 1. The van der Waals surface area contributed by atoms with Gasteiger partial charge in [0.25, 0.3) is 0 Å². The Morgan fingerprint density at radius 2 is 1.37 bits per heavy atom. The molecule has 0 atom stereocenters. The average Bonchev–Trinajstić information content (AvgIpc) is 3.14. The molecule has 4 aromatic carbocycles. The van der Waals surface area contributed by atoms with Gasteiger partial charge in [-0.3, -0.25) is 0 Å². The third-order valence-corrected chi connectivity index (χ3v) is 8.77. The van der Waals surface area contributed by atoms with Gasteiger partial charge in [0.1, 0.15) is 11.5 Å². The van der Waals surface area contributed by atoms with E-state index in [0.717, 1.165) is 77.3 Å². The van der Waals surface area contributed by atoms with Crippen LogP contribution >= 0.6 is 11.6 Å². The topological polar surface area (TPSA) is 113 Å². The molecule has 0 unspecified atom stereocenters. The van der Waals surface area contributed by atoms with E-state index in [4.69, 9.17) is 41.0 Å². The number of hydrogen-bond acceptors (Lipinski definition) is 11. The molecule has 250 valence electrons. The number of aromatic nitrogens is 4. The fourth-order valence-electron chi connectivity index (χ4n) is 5.96. The minimum absolute atomic E-state index is 0.476. The average molecular weight is 676 g/mol.